The minimum Gasteiger partial charge on any atom is -0.342 e. The number of likely N-dealkylation sites (N-methyl/N-ethyl adjacent to an activating group) is 1. The first-order chi connectivity index (χ1) is 7.77. The molecule has 2 rings (SSSR count). The predicted molar refractivity (Wildman–Crippen MR) is 61.1 cm³/mol. The Balaban J connectivity index is 1.84. The molecule has 0 N–H and O–H groups in total. The summed E-state index contributed by atoms with van der Waals surface area (Å²) in [7, 11) is 1.94. The van der Waals surface area contributed by atoms with Crippen molar-refractivity contribution in [1.82, 2.24) is 14.9 Å². The predicted octanol–water partition coefficient (Wildman–Crippen LogP) is 0.535. The van der Waals surface area contributed by atoms with E-state index in [0.29, 0.717) is 12.4 Å². The number of aromatic nitrogens is 2. The summed E-state index contributed by atoms with van der Waals surface area (Å²) in [5.74, 6) is 0.969. The number of hydrogen-bond donors (Lipinski definition) is 0. The lowest BCUT2D eigenvalue weighted by atomic mass is 10.4. The molecule has 1 aromatic heterocycles. The van der Waals surface area contributed by atoms with Crippen LogP contribution < -0.4 is 4.90 Å². The molecule has 0 saturated carbocycles. The summed E-state index contributed by atoms with van der Waals surface area (Å²) in [6.07, 6.45) is 5.13. The lowest BCUT2D eigenvalue weighted by Gasteiger charge is -2.21. The van der Waals surface area contributed by atoms with Gasteiger partial charge in [-0.05, 0) is 12.5 Å². The fourth-order valence-electron chi connectivity index (χ4n) is 1.80. The zero-order chi connectivity index (χ0) is 11.4. The van der Waals surface area contributed by atoms with Gasteiger partial charge in [0, 0.05) is 45.5 Å². The molecule has 1 saturated heterocycles. The summed E-state index contributed by atoms with van der Waals surface area (Å²) in [6, 6.07) is 1.79. The second-order valence-corrected chi connectivity index (χ2v) is 3.95. The Hall–Kier alpha value is -1.65. The van der Waals surface area contributed by atoms with Crippen LogP contribution in [-0.2, 0) is 4.79 Å². The fourth-order valence-corrected chi connectivity index (χ4v) is 1.80. The molecule has 86 valence electrons. The normalized spacial score (nSPS) is 15.6. The van der Waals surface area contributed by atoms with E-state index in [1.165, 1.54) is 0 Å². The van der Waals surface area contributed by atoms with Gasteiger partial charge in [0.2, 0.25) is 11.9 Å². The van der Waals surface area contributed by atoms with E-state index in [-0.39, 0.29) is 5.91 Å². The second-order valence-electron chi connectivity index (χ2n) is 3.95. The maximum atomic E-state index is 11.4. The third-order valence-electron chi connectivity index (χ3n) is 2.77. The smallest absolute Gasteiger partial charge is 0.225 e. The molecule has 0 aliphatic carbocycles. The molecule has 0 bridgehead atoms. The monoisotopic (exact) mass is 220 g/mol. The molecule has 1 amide bonds. The van der Waals surface area contributed by atoms with Gasteiger partial charge in [0.1, 0.15) is 0 Å². The molecule has 0 atom stereocenters. The van der Waals surface area contributed by atoms with Gasteiger partial charge in [-0.25, -0.2) is 9.97 Å². The largest absolute Gasteiger partial charge is 0.342 e. The standard InChI is InChI=1S/C11H16N4O/c1-14(11-12-5-3-6-13-11)8-9-15-7-2-4-10(15)16/h3,5-6H,2,4,7-9H2,1H3. The van der Waals surface area contributed by atoms with E-state index in [4.69, 9.17) is 0 Å². The number of carbonyl (C=O) groups excluding carboxylic acids is 1. The average Bonchev–Trinajstić information content (AvgIpc) is 2.73. The molecule has 0 radical (unpaired) electrons. The van der Waals surface area contributed by atoms with Crippen LogP contribution in [0.5, 0.6) is 0 Å². The molecule has 0 aromatic carbocycles. The summed E-state index contributed by atoms with van der Waals surface area (Å²) >= 11 is 0. The third-order valence-corrected chi connectivity index (χ3v) is 2.77. The van der Waals surface area contributed by atoms with Gasteiger partial charge in [-0.2, -0.15) is 0 Å². The molecular weight excluding hydrogens is 204 g/mol. The van der Waals surface area contributed by atoms with E-state index in [9.17, 15) is 4.79 Å². The summed E-state index contributed by atoms with van der Waals surface area (Å²) < 4.78 is 0. The summed E-state index contributed by atoms with van der Waals surface area (Å²) in [4.78, 5) is 23.6. The van der Waals surface area contributed by atoms with Crippen LogP contribution in [0.25, 0.3) is 0 Å². The molecular formula is C11H16N4O. The molecule has 0 unspecified atom stereocenters. The van der Waals surface area contributed by atoms with Crippen LogP contribution in [0.1, 0.15) is 12.8 Å². The minimum atomic E-state index is 0.266. The maximum Gasteiger partial charge on any atom is 0.225 e. The van der Waals surface area contributed by atoms with Crippen molar-refractivity contribution in [1.29, 1.82) is 0 Å². The van der Waals surface area contributed by atoms with E-state index >= 15 is 0 Å². The Morgan fingerprint density at radius 3 is 2.81 bits per heavy atom. The summed E-state index contributed by atoms with van der Waals surface area (Å²) in [5, 5.41) is 0. The van der Waals surface area contributed by atoms with E-state index in [0.717, 1.165) is 26.1 Å². The van der Waals surface area contributed by atoms with Crippen LogP contribution in [0.15, 0.2) is 18.5 Å². The van der Waals surface area contributed by atoms with Gasteiger partial charge < -0.3 is 9.80 Å². The van der Waals surface area contributed by atoms with Gasteiger partial charge in [-0.3, -0.25) is 4.79 Å². The molecule has 1 fully saturated rings. The Labute approximate surface area is 95.1 Å². The maximum absolute atomic E-state index is 11.4. The van der Waals surface area contributed by atoms with Crippen molar-refractivity contribution in [3.05, 3.63) is 18.5 Å². The quantitative estimate of drug-likeness (QED) is 0.743. The lowest BCUT2D eigenvalue weighted by Crippen LogP contribution is -2.34. The van der Waals surface area contributed by atoms with Gasteiger partial charge in [-0.15, -0.1) is 0 Å². The van der Waals surface area contributed by atoms with Crippen LogP contribution in [0.3, 0.4) is 0 Å². The molecule has 1 aliphatic rings. The average molecular weight is 220 g/mol. The van der Waals surface area contributed by atoms with Crippen LogP contribution in [0, 0.1) is 0 Å². The molecule has 5 nitrogen and oxygen atoms in total. The van der Waals surface area contributed by atoms with Crippen molar-refractivity contribution in [3.8, 4) is 0 Å². The van der Waals surface area contributed by atoms with Crippen LogP contribution >= 0.6 is 0 Å². The van der Waals surface area contributed by atoms with Crippen LogP contribution in [0.4, 0.5) is 5.95 Å². The topological polar surface area (TPSA) is 49.3 Å². The number of rotatable bonds is 4. The summed E-state index contributed by atoms with van der Waals surface area (Å²) in [5.41, 5.74) is 0. The van der Waals surface area contributed by atoms with Crippen LogP contribution in [-0.4, -0.2) is 47.5 Å². The third kappa shape index (κ3) is 2.48. The van der Waals surface area contributed by atoms with Crippen molar-refractivity contribution < 1.29 is 4.79 Å². The number of hydrogen-bond acceptors (Lipinski definition) is 4. The van der Waals surface area contributed by atoms with Gasteiger partial charge in [0.15, 0.2) is 0 Å². The fraction of sp³-hybridized carbons (Fsp3) is 0.545. The molecule has 1 aliphatic heterocycles. The minimum absolute atomic E-state index is 0.266. The van der Waals surface area contributed by atoms with Crippen molar-refractivity contribution in [2.45, 2.75) is 12.8 Å². The van der Waals surface area contributed by atoms with E-state index < -0.39 is 0 Å². The van der Waals surface area contributed by atoms with Gasteiger partial charge >= 0.3 is 0 Å². The van der Waals surface area contributed by atoms with Crippen molar-refractivity contribution in [3.63, 3.8) is 0 Å². The zero-order valence-electron chi connectivity index (χ0n) is 9.46. The Bertz CT molecular complexity index is 354. The number of carbonyl (C=O) groups is 1. The Kier molecular flexibility index (Phi) is 3.34. The van der Waals surface area contributed by atoms with E-state index in [1.54, 1.807) is 18.5 Å². The zero-order valence-corrected chi connectivity index (χ0v) is 9.46. The highest BCUT2D eigenvalue weighted by Crippen LogP contribution is 2.09. The van der Waals surface area contributed by atoms with Crippen molar-refractivity contribution in [2.24, 2.45) is 0 Å². The number of likely N-dealkylation sites (tertiary alicyclic amines) is 1. The van der Waals surface area contributed by atoms with E-state index in [2.05, 4.69) is 9.97 Å². The van der Waals surface area contributed by atoms with Crippen molar-refractivity contribution >= 4 is 11.9 Å². The SMILES string of the molecule is CN(CCN1CCCC1=O)c1ncccn1. The summed E-state index contributed by atoms with van der Waals surface area (Å²) in [6.45, 7) is 2.42. The van der Waals surface area contributed by atoms with Crippen molar-refractivity contribution in [2.75, 3.05) is 31.6 Å². The first-order valence-electron chi connectivity index (χ1n) is 5.53. The molecule has 0 spiro atoms. The number of amides is 1. The van der Waals surface area contributed by atoms with E-state index in [1.807, 2.05) is 16.8 Å². The number of nitrogens with zero attached hydrogens (tertiary/aromatic N) is 4. The Morgan fingerprint density at radius 2 is 2.19 bits per heavy atom. The molecule has 1 aromatic rings. The first-order valence-corrected chi connectivity index (χ1v) is 5.53. The Morgan fingerprint density at radius 1 is 1.44 bits per heavy atom. The molecule has 5 heteroatoms. The second kappa shape index (κ2) is 4.92. The van der Waals surface area contributed by atoms with Gasteiger partial charge in [0.05, 0.1) is 0 Å². The lowest BCUT2D eigenvalue weighted by molar-refractivity contribution is -0.127. The van der Waals surface area contributed by atoms with Crippen LogP contribution in [0.2, 0.25) is 0 Å². The van der Waals surface area contributed by atoms with Gasteiger partial charge in [0.25, 0.3) is 0 Å². The van der Waals surface area contributed by atoms with Gasteiger partial charge in [-0.1, -0.05) is 0 Å². The number of anilines is 1. The highest BCUT2D eigenvalue weighted by atomic mass is 16.2. The highest BCUT2D eigenvalue weighted by Gasteiger charge is 2.19. The first kappa shape index (κ1) is 10.9. The molecule has 16 heavy (non-hydrogen) atoms. The molecule has 2 heterocycles. The highest BCUT2D eigenvalue weighted by molar-refractivity contribution is 5.78.